The zero-order chi connectivity index (χ0) is 17.9. The number of benzene rings is 1. The van der Waals surface area contributed by atoms with Gasteiger partial charge in [0.05, 0.1) is 6.20 Å². The summed E-state index contributed by atoms with van der Waals surface area (Å²) in [6, 6.07) is 11.2. The maximum Gasteiger partial charge on any atom is 0.407 e. The second-order valence-electron chi connectivity index (χ2n) is 5.58. The summed E-state index contributed by atoms with van der Waals surface area (Å²) in [5.74, 6) is 0.597. The average molecular weight is 344 g/mol. The second-order valence-corrected chi connectivity index (χ2v) is 5.58. The van der Waals surface area contributed by atoms with E-state index in [2.05, 4.69) is 22.7 Å². The Balaban J connectivity index is 1.59. The zero-order valence-corrected chi connectivity index (χ0v) is 14.4. The summed E-state index contributed by atoms with van der Waals surface area (Å²) in [6.45, 7) is 3.43. The van der Waals surface area contributed by atoms with E-state index in [9.17, 15) is 9.59 Å². The van der Waals surface area contributed by atoms with E-state index in [1.807, 2.05) is 30.3 Å². The monoisotopic (exact) mass is 344 g/mol. The number of aryl methyl sites for hydroxylation is 1. The van der Waals surface area contributed by atoms with Gasteiger partial charge in [0.1, 0.15) is 12.4 Å². The minimum Gasteiger partial charge on any atom is -0.445 e. The molecule has 134 valence electrons. The first-order valence-electron chi connectivity index (χ1n) is 8.45. The van der Waals surface area contributed by atoms with Crippen molar-refractivity contribution in [3.05, 3.63) is 48.2 Å². The minimum atomic E-state index is -0.481. The van der Waals surface area contributed by atoms with Gasteiger partial charge in [-0.05, 0) is 18.4 Å². The van der Waals surface area contributed by atoms with Crippen LogP contribution in [0.1, 0.15) is 31.7 Å². The lowest BCUT2D eigenvalue weighted by atomic mass is 10.2. The average Bonchev–Trinajstić information content (AvgIpc) is 3.05. The Morgan fingerprint density at radius 3 is 2.76 bits per heavy atom. The summed E-state index contributed by atoms with van der Waals surface area (Å²) in [5, 5.41) is 9.62. The number of aromatic nitrogens is 2. The fourth-order valence-electron chi connectivity index (χ4n) is 2.25. The molecular weight excluding hydrogens is 320 g/mol. The maximum absolute atomic E-state index is 11.9. The van der Waals surface area contributed by atoms with E-state index in [4.69, 9.17) is 4.74 Å². The van der Waals surface area contributed by atoms with Crippen molar-refractivity contribution >= 4 is 17.8 Å². The van der Waals surface area contributed by atoms with Crippen LogP contribution in [0.5, 0.6) is 0 Å². The SMILES string of the molecule is CCCn1nccc1NC(=O)CCCNC(=O)OCc1ccccc1. The standard InChI is InChI=1S/C18H24N4O3/c1-2-13-22-16(10-12-20-22)21-17(23)9-6-11-19-18(24)25-14-15-7-4-3-5-8-15/h3-5,7-8,10,12H,2,6,9,11,13-14H2,1H3,(H,19,24)(H,21,23). The predicted molar refractivity (Wildman–Crippen MR) is 95.0 cm³/mol. The first-order valence-corrected chi connectivity index (χ1v) is 8.45. The van der Waals surface area contributed by atoms with Crippen molar-refractivity contribution in [1.82, 2.24) is 15.1 Å². The van der Waals surface area contributed by atoms with Crippen LogP contribution in [0.4, 0.5) is 10.6 Å². The number of nitrogens with one attached hydrogen (secondary N) is 2. The third-order valence-electron chi connectivity index (χ3n) is 3.48. The molecule has 0 aliphatic rings. The van der Waals surface area contributed by atoms with Crippen molar-refractivity contribution in [2.75, 3.05) is 11.9 Å². The van der Waals surface area contributed by atoms with E-state index in [1.54, 1.807) is 16.9 Å². The lowest BCUT2D eigenvalue weighted by Crippen LogP contribution is -2.26. The molecule has 0 bridgehead atoms. The molecule has 1 aromatic carbocycles. The number of anilines is 1. The van der Waals surface area contributed by atoms with Crippen molar-refractivity contribution in [3.8, 4) is 0 Å². The van der Waals surface area contributed by atoms with Gasteiger partial charge in [-0.3, -0.25) is 4.79 Å². The molecule has 0 aliphatic carbocycles. The number of amides is 2. The van der Waals surface area contributed by atoms with Crippen LogP contribution in [0, 0.1) is 0 Å². The van der Waals surface area contributed by atoms with Crippen molar-refractivity contribution < 1.29 is 14.3 Å². The van der Waals surface area contributed by atoms with Crippen LogP contribution < -0.4 is 10.6 Å². The first-order chi connectivity index (χ1) is 12.2. The molecule has 2 N–H and O–H groups in total. The Morgan fingerprint density at radius 2 is 2.00 bits per heavy atom. The Labute approximate surface area is 147 Å². The number of ether oxygens (including phenoxy) is 1. The molecule has 2 aromatic rings. The number of hydrogen-bond donors (Lipinski definition) is 2. The lowest BCUT2D eigenvalue weighted by Gasteiger charge is -2.09. The summed E-state index contributed by atoms with van der Waals surface area (Å²) in [6.07, 6.45) is 2.98. The smallest absolute Gasteiger partial charge is 0.407 e. The molecule has 0 atom stereocenters. The molecule has 0 radical (unpaired) electrons. The van der Waals surface area contributed by atoms with Crippen molar-refractivity contribution in [1.29, 1.82) is 0 Å². The quantitative estimate of drug-likeness (QED) is 0.685. The number of hydrogen-bond acceptors (Lipinski definition) is 4. The highest BCUT2D eigenvalue weighted by Gasteiger charge is 2.07. The first kappa shape index (κ1) is 18.5. The number of nitrogens with zero attached hydrogens (tertiary/aromatic N) is 2. The molecule has 25 heavy (non-hydrogen) atoms. The van der Waals surface area contributed by atoms with Gasteiger partial charge in [-0.1, -0.05) is 37.3 Å². The molecule has 2 amide bonds. The molecule has 2 rings (SSSR count). The summed E-state index contributed by atoms with van der Waals surface area (Å²) in [7, 11) is 0. The van der Waals surface area contributed by atoms with Gasteiger partial charge in [0.2, 0.25) is 5.91 Å². The molecular formula is C18H24N4O3. The Hall–Kier alpha value is -2.83. The summed E-state index contributed by atoms with van der Waals surface area (Å²) in [4.78, 5) is 23.5. The van der Waals surface area contributed by atoms with Crippen molar-refractivity contribution in [3.63, 3.8) is 0 Å². The molecule has 7 heteroatoms. The third kappa shape index (κ3) is 6.66. The second kappa shape index (κ2) is 10.1. The number of alkyl carbamates (subject to hydrolysis) is 1. The summed E-state index contributed by atoms with van der Waals surface area (Å²) >= 11 is 0. The van der Waals surface area contributed by atoms with Gasteiger partial charge in [0, 0.05) is 25.6 Å². The van der Waals surface area contributed by atoms with Crippen LogP contribution in [0.25, 0.3) is 0 Å². The number of rotatable bonds is 9. The van der Waals surface area contributed by atoms with E-state index in [0.717, 1.165) is 18.5 Å². The van der Waals surface area contributed by atoms with Crippen LogP contribution in [-0.4, -0.2) is 28.3 Å². The molecule has 1 aromatic heterocycles. The highest BCUT2D eigenvalue weighted by molar-refractivity contribution is 5.89. The zero-order valence-electron chi connectivity index (χ0n) is 14.4. The van der Waals surface area contributed by atoms with Crippen LogP contribution in [0.2, 0.25) is 0 Å². The van der Waals surface area contributed by atoms with Gasteiger partial charge in [0.15, 0.2) is 0 Å². The van der Waals surface area contributed by atoms with Gasteiger partial charge in [-0.15, -0.1) is 0 Å². The number of carbonyl (C=O) groups excluding carboxylic acids is 2. The highest BCUT2D eigenvalue weighted by atomic mass is 16.5. The van der Waals surface area contributed by atoms with E-state index in [0.29, 0.717) is 25.2 Å². The maximum atomic E-state index is 11.9. The fraction of sp³-hybridized carbons (Fsp3) is 0.389. The van der Waals surface area contributed by atoms with Crippen molar-refractivity contribution in [2.45, 2.75) is 39.3 Å². The molecule has 0 unspecified atom stereocenters. The lowest BCUT2D eigenvalue weighted by molar-refractivity contribution is -0.116. The molecule has 0 saturated heterocycles. The van der Waals surface area contributed by atoms with E-state index < -0.39 is 6.09 Å². The highest BCUT2D eigenvalue weighted by Crippen LogP contribution is 2.07. The van der Waals surface area contributed by atoms with E-state index in [-0.39, 0.29) is 12.5 Å². The summed E-state index contributed by atoms with van der Waals surface area (Å²) in [5.41, 5.74) is 0.931. The van der Waals surface area contributed by atoms with Crippen LogP contribution in [-0.2, 0) is 22.7 Å². The third-order valence-corrected chi connectivity index (χ3v) is 3.48. The Bertz CT molecular complexity index is 670. The molecule has 0 fully saturated rings. The van der Waals surface area contributed by atoms with Crippen LogP contribution in [0.15, 0.2) is 42.6 Å². The van der Waals surface area contributed by atoms with Gasteiger partial charge in [-0.25, -0.2) is 9.48 Å². The topological polar surface area (TPSA) is 85.3 Å². The van der Waals surface area contributed by atoms with Gasteiger partial charge in [0.25, 0.3) is 0 Å². The van der Waals surface area contributed by atoms with Crippen LogP contribution in [0.3, 0.4) is 0 Å². The number of carbonyl (C=O) groups is 2. The van der Waals surface area contributed by atoms with Crippen molar-refractivity contribution in [2.24, 2.45) is 0 Å². The van der Waals surface area contributed by atoms with Gasteiger partial charge < -0.3 is 15.4 Å². The van der Waals surface area contributed by atoms with Crippen LogP contribution >= 0.6 is 0 Å². The molecule has 1 heterocycles. The minimum absolute atomic E-state index is 0.0997. The van der Waals surface area contributed by atoms with Gasteiger partial charge in [-0.2, -0.15) is 5.10 Å². The molecule has 0 aliphatic heterocycles. The molecule has 0 saturated carbocycles. The normalized spacial score (nSPS) is 10.3. The Morgan fingerprint density at radius 1 is 1.20 bits per heavy atom. The van der Waals surface area contributed by atoms with Gasteiger partial charge >= 0.3 is 6.09 Å². The molecule has 0 spiro atoms. The molecule has 7 nitrogen and oxygen atoms in total. The van der Waals surface area contributed by atoms with E-state index >= 15 is 0 Å². The predicted octanol–water partition coefficient (Wildman–Crippen LogP) is 2.94. The Kier molecular flexibility index (Phi) is 7.49. The summed E-state index contributed by atoms with van der Waals surface area (Å²) < 4.78 is 6.86. The largest absolute Gasteiger partial charge is 0.445 e. The van der Waals surface area contributed by atoms with E-state index in [1.165, 1.54) is 0 Å². The fourth-order valence-corrected chi connectivity index (χ4v) is 2.25.